The van der Waals surface area contributed by atoms with Gasteiger partial charge >= 0.3 is 5.97 Å². The molecule has 0 amide bonds. The molecule has 1 saturated carbocycles. The predicted molar refractivity (Wildman–Crippen MR) is 119 cm³/mol. The van der Waals surface area contributed by atoms with Gasteiger partial charge in [0, 0.05) is 37.9 Å². The second-order valence-electron chi connectivity index (χ2n) is 8.07. The normalized spacial score (nSPS) is 18.1. The van der Waals surface area contributed by atoms with Crippen molar-refractivity contribution in [1.82, 2.24) is 19.2 Å². The van der Waals surface area contributed by atoms with Crippen LogP contribution in [-0.4, -0.2) is 58.0 Å². The van der Waals surface area contributed by atoms with Crippen molar-refractivity contribution in [2.75, 3.05) is 37.7 Å². The first-order valence-corrected chi connectivity index (χ1v) is 11.4. The number of esters is 1. The van der Waals surface area contributed by atoms with E-state index in [0.717, 1.165) is 49.6 Å². The van der Waals surface area contributed by atoms with Gasteiger partial charge in [0.15, 0.2) is 4.77 Å². The lowest BCUT2D eigenvalue weighted by Gasteiger charge is -2.35. The Kier molecular flexibility index (Phi) is 6.84. The molecule has 1 aromatic carbocycles. The van der Waals surface area contributed by atoms with E-state index in [0.29, 0.717) is 19.3 Å². The Morgan fingerprint density at radius 3 is 2.50 bits per heavy atom. The zero-order chi connectivity index (χ0) is 20.9. The molecule has 0 N–H and O–H groups in total. The van der Waals surface area contributed by atoms with Crippen molar-refractivity contribution in [2.45, 2.75) is 51.7 Å². The lowest BCUT2D eigenvalue weighted by atomic mass is 10.2. The Hall–Kier alpha value is -2.19. The van der Waals surface area contributed by atoms with E-state index in [4.69, 9.17) is 22.1 Å². The van der Waals surface area contributed by atoms with Crippen LogP contribution in [0.1, 0.15) is 44.5 Å². The molecule has 30 heavy (non-hydrogen) atoms. The summed E-state index contributed by atoms with van der Waals surface area (Å²) in [7, 11) is 0. The van der Waals surface area contributed by atoms with Gasteiger partial charge in [-0.05, 0) is 44.1 Å². The predicted octanol–water partition coefficient (Wildman–Crippen LogP) is 3.41. The summed E-state index contributed by atoms with van der Waals surface area (Å²) < 4.78 is 9.92. The van der Waals surface area contributed by atoms with Gasteiger partial charge in [0.25, 0.3) is 0 Å². The number of anilines is 1. The summed E-state index contributed by atoms with van der Waals surface area (Å²) >= 11 is 5.81. The van der Waals surface area contributed by atoms with Gasteiger partial charge in [0.1, 0.15) is 12.2 Å². The summed E-state index contributed by atoms with van der Waals surface area (Å²) in [5.74, 6) is 0.508. The first-order valence-electron chi connectivity index (χ1n) is 11.0. The second-order valence-corrected chi connectivity index (χ2v) is 8.44. The van der Waals surface area contributed by atoms with Gasteiger partial charge in [-0.3, -0.25) is 9.69 Å². The minimum atomic E-state index is -0.236. The van der Waals surface area contributed by atoms with Gasteiger partial charge < -0.3 is 14.2 Å². The topological polar surface area (TPSA) is 55.5 Å². The summed E-state index contributed by atoms with van der Waals surface area (Å²) in [6.45, 7) is 6.76. The number of nitrogens with zero attached hydrogens (tertiary/aromatic N) is 5. The molecular formula is C22H31N5O2S. The maximum Gasteiger partial charge on any atom is 0.313 e. The highest BCUT2D eigenvalue weighted by Gasteiger charge is 2.25. The average Bonchev–Trinajstić information content (AvgIpc) is 3.38. The highest BCUT2D eigenvalue weighted by molar-refractivity contribution is 7.71. The number of carbonyl (C=O) groups excluding carboxylic acids is 1. The van der Waals surface area contributed by atoms with Gasteiger partial charge in [-0.2, -0.15) is 5.10 Å². The van der Waals surface area contributed by atoms with Gasteiger partial charge in [0.05, 0.1) is 13.3 Å². The number of para-hydroxylation sites is 1. The molecule has 1 saturated heterocycles. The standard InChI is InChI=1S/C22H31N5O2S/c1-2-29-21(28)16-20-23-26(22(30)27(20)19-10-6-7-11-19)17-24-12-14-25(15-13-24)18-8-4-3-5-9-18/h3-5,8-9,19H,2,6-7,10-17H2,1H3. The maximum atomic E-state index is 12.1. The minimum Gasteiger partial charge on any atom is -0.466 e. The van der Waals surface area contributed by atoms with E-state index in [1.807, 2.05) is 11.6 Å². The van der Waals surface area contributed by atoms with Crippen molar-refractivity contribution < 1.29 is 9.53 Å². The lowest BCUT2D eigenvalue weighted by molar-refractivity contribution is -0.142. The Bertz CT molecular complexity index is 896. The summed E-state index contributed by atoms with van der Waals surface area (Å²) in [6, 6.07) is 10.9. The molecule has 0 radical (unpaired) electrons. The number of carbonyl (C=O) groups is 1. The molecule has 2 aliphatic rings. The number of benzene rings is 1. The molecule has 0 atom stereocenters. The van der Waals surface area contributed by atoms with Gasteiger partial charge in [-0.15, -0.1) is 0 Å². The summed E-state index contributed by atoms with van der Waals surface area (Å²) in [5.41, 5.74) is 1.27. The first-order chi connectivity index (χ1) is 14.7. The summed E-state index contributed by atoms with van der Waals surface area (Å²) in [5, 5.41) is 4.77. The van der Waals surface area contributed by atoms with E-state index in [1.165, 1.54) is 18.5 Å². The van der Waals surface area contributed by atoms with Crippen molar-refractivity contribution in [1.29, 1.82) is 0 Å². The Morgan fingerprint density at radius 1 is 1.13 bits per heavy atom. The molecule has 1 aromatic heterocycles. The lowest BCUT2D eigenvalue weighted by Crippen LogP contribution is -2.47. The summed E-state index contributed by atoms with van der Waals surface area (Å²) in [6.07, 6.45) is 4.80. The molecule has 2 heterocycles. The fourth-order valence-corrected chi connectivity index (χ4v) is 4.88. The molecule has 1 aliphatic heterocycles. The second kappa shape index (κ2) is 9.75. The van der Waals surface area contributed by atoms with Crippen molar-refractivity contribution in [3.63, 3.8) is 0 Å². The Labute approximate surface area is 183 Å². The van der Waals surface area contributed by atoms with Crippen LogP contribution in [0.4, 0.5) is 5.69 Å². The van der Waals surface area contributed by atoms with Gasteiger partial charge in [-0.1, -0.05) is 31.0 Å². The van der Waals surface area contributed by atoms with Crippen molar-refractivity contribution in [2.24, 2.45) is 0 Å². The smallest absolute Gasteiger partial charge is 0.313 e. The highest BCUT2D eigenvalue weighted by atomic mass is 32.1. The molecule has 4 rings (SSSR count). The van der Waals surface area contributed by atoms with Crippen LogP contribution in [0.25, 0.3) is 0 Å². The minimum absolute atomic E-state index is 0.183. The largest absolute Gasteiger partial charge is 0.466 e. The van der Waals surface area contributed by atoms with Gasteiger partial charge in [0.2, 0.25) is 0 Å². The highest BCUT2D eigenvalue weighted by Crippen LogP contribution is 2.31. The third-order valence-electron chi connectivity index (χ3n) is 6.07. The van der Waals surface area contributed by atoms with Crippen LogP contribution >= 0.6 is 12.2 Å². The molecule has 8 heteroatoms. The van der Waals surface area contributed by atoms with Crippen LogP contribution in [-0.2, 0) is 22.6 Å². The Balaban J connectivity index is 1.46. The van der Waals surface area contributed by atoms with Gasteiger partial charge in [-0.25, -0.2) is 4.68 Å². The van der Waals surface area contributed by atoms with E-state index in [1.54, 1.807) is 0 Å². The molecule has 162 valence electrons. The molecule has 2 fully saturated rings. The fraction of sp³-hybridized carbons (Fsp3) is 0.591. The molecule has 0 unspecified atom stereocenters. The zero-order valence-corrected chi connectivity index (χ0v) is 18.5. The van der Waals surface area contributed by atoms with E-state index in [9.17, 15) is 4.79 Å². The van der Waals surface area contributed by atoms with Crippen LogP contribution in [0.15, 0.2) is 30.3 Å². The first kappa shape index (κ1) is 21.1. The SMILES string of the molecule is CCOC(=O)Cc1nn(CN2CCN(c3ccccc3)CC2)c(=S)n1C1CCCC1. The van der Waals surface area contributed by atoms with Crippen LogP contribution in [0.3, 0.4) is 0 Å². The number of hydrogen-bond acceptors (Lipinski definition) is 6. The summed E-state index contributed by atoms with van der Waals surface area (Å²) in [4.78, 5) is 16.9. The van der Waals surface area contributed by atoms with E-state index in [-0.39, 0.29) is 12.4 Å². The fourth-order valence-electron chi connectivity index (χ4n) is 4.52. The van der Waals surface area contributed by atoms with E-state index >= 15 is 0 Å². The van der Waals surface area contributed by atoms with Crippen LogP contribution < -0.4 is 4.90 Å². The van der Waals surface area contributed by atoms with Crippen molar-refractivity contribution in [3.8, 4) is 0 Å². The molecule has 7 nitrogen and oxygen atoms in total. The van der Waals surface area contributed by atoms with Crippen molar-refractivity contribution in [3.05, 3.63) is 40.9 Å². The monoisotopic (exact) mass is 429 g/mol. The number of rotatable bonds is 7. The van der Waals surface area contributed by atoms with E-state index in [2.05, 4.69) is 44.7 Å². The van der Waals surface area contributed by atoms with Crippen molar-refractivity contribution >= 4 is 23.9 Å². The number of piperazine rings is 1. The average molecular weight is 430 g/mol. The third kappa shape index (κ3) is 4.75. The molecule has 0 spiro atoms. The molecule has 0 bridgehead atoms. The zero-order valence-electron chi connectivity index (χ0n) is 17.7. The molecule has 2 aromatic rings. The number of aromatic nitrogens is 3. The third-order valence-corrected chi connectivity index (χ3v) is 6.47. The molecule has 1 aliphatic carbocycles. The number of ether oxygens (including phenoxy) is 1. The quantitative estimate of drug-likeness (QED) is 0.497. The molecular weight excluding hydrogens is 398 g/mol. The Morgan fingerprint density at radius 2 is 1.83 bits per heavy atom. The maximum absolute atomic E-state index is 12.1. The van der Waals surface area contributed by atoms with Crippen LogP contribution in [0.5, 0.6) is 0 Å². The van der Waals surface area contributed by atoms with E-state index < -0.39 is 0 Å². The number of hydrogen-bond donors (Lipinski definition) is 0. The van der Waals surface area contributed by atoms with Crippen LogP contribution in [0.2, 0.25) is 0 Å². The van der Waals surface area contributed by atoms with Crippen LogP contribution in [0, 0.1) is 4.77 Å².